The van der Waals surface area contributed by atoms with Gasteiger partial charge in [-0.05, 0) is 48.0 Å². The number of piperidine rings is 1. The van der Waals surface area contributed by atoms with Gasteiger partial charge in [-0.1, -0.05) is 24.3 Å². The Hall–Kier alpha value is -3.36. The second-order valence-electron chi connectivity index (χ2n) is 8.63. The van der Waals surface area contributed by atoms with E-state index in [-0.39, 0.29) is 24.0 Å². The molecule has 1 fully saturated rings. The molecule has 1 atom stereocenters. The van der Waals surface area contributed by atoms with Crippen LogP contribution in [0.1, 0.15) is 47.0 Å². The minimum absolute atomic E-state index is 0.0778. The smallest absolute Gasteiger partial charge is 0.219 e. The number of aliphatic hydroxyl groups excluding tert-OH is 1. The normalized spacial score (nSPS) is 19.6. The summed E-state index contributed by atoms with van der Waals surface area (Å²) in [6, 6.07) is 8.62. The molecule has 1 aromatic carbocycles. The first-order valence-corrected chi connectivity index (χ1v) is 10.9. The fraction of sp³-hybridized carbons (Fsp3) is 0.333. The van der Waals surface area contributed by atoms with Crippen molar-refractivity contribution in [1.29, 1.82) is 0 Å². The second kappa shape index (κ2) is 8.29. The lowest BCUT2D eigenvalue weighted by molar-refractivity contribution is 0.186. The summed E-state index contributed by atoms with van der Waals surface area (Å²) in [6.07, 6.45) is 11.7. The maximum absolute atomic E-state index is 9.95. The van der Waals surface area contributed by atoms with E-state index in [1.165, 1.54) is 11.1 Å². The largest absolute Gasteiger partial charge is 0.390 e. The van der Waals surface area contributed by atoms with Gasteiger partial charge in [0, 0.05) is 37.1 Å². The van der Waals surface area contributed by atoms with Crippen LogP contribution in [0.4, 0.5) is 11.8 Å². The number of aromatic nitrogens is 4. The molecule has 8 nitrogen and oxygen atoms in total. The molecule has 8 heteroatoms. The second-order valence-corrected chi connectivity index (χ2v) is 8.63. The topological polar surface area (TPSA) is 127 Å². The summed E-state index contributed by atoms with van der Waals surface area (Å²) < 4.78 is 0. The van der Waals surface area contributed by atoms with Gasteiger partial charge in [-0.15, -0.1) is 0 Å². The van der Waals surface area contributed by atoms with E-state index in [0.29, 0.717) is 11.4 Å². The van der Waals surface area contributed by atoms with Gasteiger partial charge in [0.2, 0.25) is 5.95 Å². The van der Waals surface area contributed by atoms with Crippen molar-refractivity contribution in [2.24, 2.45) is 11.1 Å². The molecule has 5 rings (SSSR count). The molecule has 1 aliphatic carbocycles. The number of aliphatic hydroxyl groups is 1. The molecule has 0 saturated carbocycles. The van der Waals surface area contributed by atoms with Crippen LogP contribution in [0.3, 0.4) is 0 Å². The summed E-state index contributed by atoms with van der Waals surface area (Å²) in [5.74, 6) is 0.985. The predicted molar refractivity (Wildman–Crippen MR) is 124 cm³/mol. The van der Waals surface area contributed by atoms with Gasteiger partial charge < -0.3 is 21.5 Å². The first kappa shape index (κ1) is 20.5. The molecule has 1 aliphatic heterocycles. The Morgan fingerprint density at radius 1 is 1.06 bits per heavy atom. The Balaban J connectivity index is 1.30. The molecule has 2 aliphatic rings. The monoisotopic (exact) mass is 429 g/mol. The van der Waals surface area contributed by atoms with Gasteiger partial charge in [-0.3, -0.25) is 0 Å². The Bertz CT molecular complexity index is 1140. The van der Waals surface area contributed by atoms with Crippen molar-refractivity contribution in [1.82, 2.24) is 19.9 Å². The number of anilines is 2. The van der Waals surface area contributed by atoms with Crippen LogP contribution in [0.15, 0.2) is 42.9 Å². The average molecular weight is 430 g/mol. The molecule has 1 saturated heterocycles. The molecule has 3 aromatic rings. The lowest BCUT2D eigenvalue weighted by Crippen LogP contribution is -2.45. The van der Waals surface area contributed by atoms with Crippen LogP contribution in [-0.2, 0) is 13.0 Å². The maximum atomic E-state index is 9.95. The Morgan fingerprint density at radius 3 is 2.53 bits per heavy atom. The molecule has 5 N–H and O–H groups in total. The van der Waals surface area contributed by atoms with Crippen molar-refractivity contribution in [3.8, 4) is 0 Å². The summed E-state index contributed by atoms with van der Waals surface area (Å²) >= 11 is 0. The Kier molecular flexibility index (Phi) is 5.32. The van der Waals surface area contributed by atoms with Crippen molar-refractivity contribution >= 4 is 23.9 Å². The number of rotatable bonds is 4. The van der Waals surface area contributed by atoms with Crippen LogP contribution >= 0.6 is 0 Å². The molecule has 0 amide bonds. The molecule has 164 valence electrons. The Morgan fingerprint density at radius 2 is 1.81 bits per heavy atom. The van der Waals surface area contributed by atoms with E-state index < -0.39 is 0 Å². The minimum atomic E-state index is -0.165. The highest BCUT2D eigenvalue weighted by atomic mass is 16.3. The molecule has 0 unspecified atom stereocenters. The minimum Gasteiger partial charge on any atom is -0.390 e. The van der Waals surface area contributed by atoms with Crippen LogP contribution in [0.25, 0.3) is 12.2 Å². The van der Waals surface area contributed by atoms with Crippen LogP contribution < -0.4 is 16.4 Å². The third kappa shape index (κ3) is 3.72. The predicted octanol–water partition coefficient (Wildman–Crippen LogP) is 2.35. The van der Waals surface area contributed by atoms with Crippen LogP contribution in [0.2, 0.25) is 0 Å². The molecular formula is C24H27N7O. The molecule has 3 heterocycles. The molecule has 32 heavy (non-hydrogen) atoms. The first-order valence-electron chi connectivity index (χ1n) is 10.9. The van der Waals surface area contributed by atoms with Crippen LogP contribution in [0, 0.1) is 5.41 Å². The van der Waals surface area contributed by atoms with Crippen molar-refractivity contribution in [3.63, 3.8) is 0 Å². The fourth-order valence-electron chi connectivity index (χ4n) is 4.97. The number of hydrogen-bond donors (Lipinski definition) is 3. The maximum Gasteiger partial charge on any atom is 0.219 e. The third-order valence-corrected chi connectivity index (χ3v) is 6.78. The van der Waals surface area contributed by atoms with E-state index in [1.54, 1.807) is 18.6 Å². The van der Waals surface area contributed by atoms with Crippen molar-refractivity contribution in [3.05, 3.63) is 70.9 Å². The van der Waals surface area contributed by atoms with E-state index in [0.717, 1.165) is 43.7 Å². The lowest BCUT2D eigenvalue weighted by atomic mass is 9.73. The summed E-state index contributed by atoms with van der Waals surface area (Å²) in [5.41, 5.74) is 17.0. The number of nitrogen functional groups attached to an aromatic ring is 1. The number of hydrogen-bond acceptors (Lipinski definition) is 8. The van der Waals surface area contributed by atoms with Gasteiger partial charge in [-0.25, -0.2) is 19.9 Å². The summed E-state index contributed by atoms with van der Waals surface area (Å²) in [6.45, 7) is 1.53. The SMILES string of the molecule is Nc1ncc(/C=C\c2cnc(N3CCC4(CC3)Cc3ccccc3[C@H]4N)c(CO)n2)cn1. The summed E-state index contributed by atoms with van der Waals surface area (Å²) in [7, 11) is 0. The highest BCUT2D eigenvalue weighted by Gasteiger charge is 2.46. The molecule has 0 bridgehead atoms. The van der Waals surface area contributed by atoms with Gasteiger partial charge in [-0.2, -0.15) is 0 Å². The highest BCUT2D eigenvalue weighted by Crippen LogP contribution is 2.50. The van der Waals surface area contributed by atoms with Crippen molar-refractivity contribution in [2.45, 2.75) is 31.9 Å². The van der Waals surface area contributed by atoms with Gasteiger partial charge in [0.25, 0.3) is 0 Å². The summed E-state index contributed by atoms with van der Waals surface area (Å²) in [5, 5.41) is 9.95. The quantitative estimate of drug-likeness (QED) is 0.577. The van der Waals surface area contributed by atoms with E-state index >= 15 is 0 Å². The number of nitrogens with two attached hydrogens (primary N) is 2. The number of fused-ring (bicyclic) bond motifs is 1. The molecule has 1 spiro atoms. The third-order valence-electron chi connectivity index (χ3n) is 6.78. The standard InChI is InChI=1S/C24H27N7O/c25-21-19-4-2-1-3-17(19)11-24(21)7-9-31(10-8-24)22-20(15-32)30-18(14-27-22)6-5-16-12-28-23(26)29-13-16/h1-6,12-14,21,32H,7-11,15,25H2,(H2,26,28,29)/b6-5-/t21-/m1/s1. The average Bonchev–Trinajstić information content (AvgIpc) is 3.10. The zero-order valence-corrected chi connectivity index (χ0v) is 17.9. The van der Waals surface area contributed by atoms with E-state index in [2.05, 4.69) is 49.1 Å². The van der Waals surface area contributed by atoms with Gasteiger partial charge in [0.05, 0.1) is 18.5 Å². The molecule has 0 radical (unpaired) electrons. The van der Waals surface area contributed by atoms with Crippen molar-refractivity contribution in [2.75, 3.05) is 23.7 Å². The highest BCUT2D eigenvalue weighted by molar-refractivity contribution is 5.67. The Labute approximate surface area is 187 Å². The van der Waals surface area contributed by atoms with Crippen LogP contribution in [-0.4, -0.2) is 38.1 Å². The zero-order chi connectivity index (χ0) is 22.1. The van der Waals surface area contributed by atoms with E-state index in [9.17, 15) is 5.11 Å². The van der Waals surface area contributed by atoms with Crippen LogP contribution in [0.5, 0.6) is 0 Å². The van der Waals surface area contributed by atoms with E-state index in [4.69, 9.17) is 11.5 Å². The van der Waals surface area contributed by atoms with Gasteiger partial charge in [0.15, 0.2) is 5.82 Å². The molecule has 2 aromatic heterocycles. The fourth-order valence-corrected chi connectivity index (χ4v) is 4.97. The molecular weight excluding hydrogens is 402 g/mol. The van der Waals surface area contributed by atoms with E-state index in [1.807, 2.05) is 12.2 Å². The summed E-state index contributed by atoms with van der Waals surface area (Å²) in [4.78, 5) is 19.4. The zero-order valence-electron chi connectivity index (χ0n) is 17.9. The lowest BCUT2D eigenvalue weighted by Gasteiger charge is -2.42. The number of benzene rings is 1. The first-order chi connectivity index (χ1) is 15.6. The van der Waals surface area contributed by atoms with Crippen molar-refractivity contribution < 1.29 is 5.11 Å². The van der Waals surface area contributed by atoms with Gasteiger partial charge in [0.1, 0.15) is 5.69 Å². The number of nitrogens with zero attached hydrogens (tertiary/aromatic N) is 5. The van der Waals surface area contributed by atoms with Gasteiger partial charge >= 0.3 is 0 Å².